The number of benzene rings is 3. The Kier molecular flexibility index (Phi) is 6.11. The van der Waals surface area contributed by atoms with Gasteiger partial charge in [0.1, 0.15) is 5.37 Å². The van der Waals surface area contributed by atoms with Gasteiger partial charge in [0, 0.05) is 16.9 Å². The fourth-order valence-corrected chi connectivity index (χ4v) is 4.89. The Labute approximate surface area is 194 Å². The highest BCUT2D eigenvalue weighted by Crippen LogP contribution is 2.42. The molecule has 0 saturated carbocycles. The van der Waals surface area contributed by atoms with E-state index in [1.807, 2.05) is 84.6 Å². The predicted octanol–water partition coefficient (Wildman–Crippen LogP) is 6.32. The molecule has 1 aliphatic heterocycles. The first kappa shape index (κ1) is 22.2. The van der Waals surface area contributed by atoms with Gasteiger partial charge in [-0.05, 0) is 59.9 Å². The summed E-state index contributed by atoms with van der Waals surface area (Å²) in [6.45, 7) is 8.49. The van der Waals surface area contributed by atoms with E-state index in [0.29, 0.717) is 11.3 Å². The van der Waals surface area contributed by atoms with E-state index < -0.39 is 0 Å². The maximum absolute atomic E-state index is 12.7. The average Bonchev–Trinajstić information content (AvgIpc) is 3.15. The molecule has 1 fully saturated rings. The van der Waals surface area contributed by atoms with Crippen LogP contribution in [0.15, 0.2) is 72.8 Å². The minimum Gasteiger partial charge on any atom is -0.322 e. The summed E-state index contributed by atoms with van der Waals surface area (Å²) in [5.74, 6) is 0.437. The molecule has 0 unspecified atom stereocenters. The van der Waals surface area contributed by atoms with Gasteiger partial charge < -0.3 is 5.32 Å². The van der Waals surface area contributed by atoms with Crippen LogP contribution in [-0.2, 0) is 10.2 Å². The second-order valence-corrected chi connectivity index (χ2v) is 10.2. The lowest BCUT2D eigenvalue weighted by Crippen LogP contribution is -2.27. The van der Waals surface area contributed by atoms with Crippen molar-refractivity contribution in [1.29, 1.82) is 0 Å². The third kappa shape index (κ3) is 4.73. The van der Waals surface area contributed by atoms with Crippen LogP contribution in [0.4, 0.5) is 11.4 Å². The number of carbonyl (C=O) groups is 2. The summed E-state index contributed by atoms with van der Waals surface area (Å²) in [6.07, 6.45) is 0. The number of aryl methyl sites for hydroxylation is 1. The summed E-state index contributed by atoms with van der Waals surface area (Å²) in [4.78, 5) is 27.1. The van der Waals surface area contributed by atoms with E-state index in [9.17, 15) is 9.59 Å². The Morgan fingerprint density at radius 1 is 0.938 bits per heavy atom. The van der Waals surface area contributed by atoms with E-state index >= 15 is 0 Å². The van der Waals surface area contributed by atoms with Gasteiger partial charge in [-0.25, -0.2) is 0 Å². The third-order valence-electron chi connectivity index (χ3n) is 5.65. The molecule has 1 N–H and O–H groups in total. The van der Waals surface area contributed by atoms with Crippen molar-refractivity contribution in [3.63, 3.8) is 0 Å². The van der Waals surface area contributed by atoms with E-state index in [-0.39, 0.29) is 22.6 Å². The zero-order valence-corrected chi connectivity index (χ0v) is 19.7. The second kappa shape index (κ2) is 8.83. The molecule has 0 bridgehead atoms. The first-order chi connectivity index (χ1) is 15.2. The molecule has 0 radical (unpaired) electrons. The highest BCUT2D eigenvalue weighted by atomic mass is 32.2. The highest BCUT2D eigenvalue weighted by molar-refractivity contribution is 8.00. The number of nitrogens with one attached hydrogen (secondary N) is 1. The number of hydrogen-bond donors (Lipinski definition) is 1. The molecule has 1 saturated heterocycles. The molecule has 0 aliphatic carbocycles. The number of thioether (sulfide) groups is 1. The van der Waals surface area contributed by atoms with Gasteiger partial charge in [-0.2, -0.15) is 0 Å². The smallest absolute Gasteiger partial charge is 0.255 e. The molecular formula is C27H28N2O2S. The first-order valence-corrected chi connectivity index (χ1v) is 11.8. The lowest BCUT2D eigenvalue weighted by atomic mass is 9.87. The molecule has 164 valence electrons. The Morgan fingerprint density at radius 2 is 1.56 bits per heavy atom. The SMILES string of the molecule is Cc1ccc(N2C(=O)CS[C@H]2c2ccc(NC(=O)c3ccc(C(C)(C)C)cc3)cc2)cc1. The van der Waals surface area contributed by atoms with Gasteiger partial charge in [-0.3, -0.25) is 14.5 Å². The van der Waals surface area contributed by atoms with Gasteiger partial charge in [-0.15, -0.1) is 11.8 Å². The number of amides is 2. The van der Waals surface area contributed by atoms with E-state index in [4.69, 9.17) is 0 Å². The molecule has 0 aromatic heterocycles. The van der Waals surface area contributed by atoms with Crippen molar-refractivity contribution in [1.82, 2.24) is 0 Å². The topological polar surface area (TPSA) is 49.4 Å². The largest absolute Gasteiger partial charge is 0.322 e. The van der Waals surface area contributed by atoms with E-state index in [1.165, 1.54) is 5.56 Å². The third-order valence-corrected chi connectivity index (χ3v) is 6.86. The molecule has 1 heterocycles. The van der Waals surface area contributed by atoms with Crippen LogP contribution in [0.1, 0.15) is 53.2 Å². The van der Waals surface area contributed by atoms with Crippen LogP contribution >= 0.6 is 11.8 Å². The van der Waals surface area contributed by atoms with Crippen LogP contribution in [0.5, 0.6) is 0 Å². The molecule has 32 heavy (non-hydrogen) atoms. The van der Waals surface area contributed by atoms with Crippen molar-refractivity contribution in [3.8, 4) is 0 Å². The van der Waals surface area contributed by atoms with Crippen molar-refractivity contribution >= 4 is 35.0 Å². The minimum atomic E-state index is -0.134. The molecule has 3 aromatic rings. The summed E-state index contributed by atoms with van der Waals surface area (Å²) >= 11 is 1.62. The van der Waals surface area contributed by atoms with Crippen LogP contribution in [0.25, 0.3) is 0 Å². The van der Waals surface area contributed by atoms with Gasteiger partial charge in [0.2, 0.25) is 5.91 Å². The van der Waals surface area contributed by atoms with Crippen LogP contribution in [0.2, 0.25) is 0 Å². The van der Waals surface area contributed by atoms with E-state index in [0.717, 1.165) is 22.5 Å². The summed E-state index contributed by atoms with van der Waals surface area (Å²) in [7, 11) is 0. The number of nitrogens with zero attached hydrogens (tertiary/aromatic N) is 1. The molecule has 1 atom stereocenters. The van der Waals surface area contributed by atoms with E-state index in [1.54, 1.807) is 11.8 Å². The van der Waals surface area contributed by atoms with Gasteiger partial charge in [0.15, 0.2) is 0 Å². The summed E-state index contributed by atoms with van der Waals surface area (Å²) in [5, 5.41) is 2.90. The van der Waals surface area contributed by atoms with Crippen molar-refractivity contribution in [2.75, 3.05) is 16.0 Å². The quantitative estimate of drug-likeness (QED) is 0.512. The lowest BCUT2D eigenvalue weighted by Gasteiger charge is -2.24. The Balaban J connectivity index is 1.47. The van der Waals surface area contributed by atoms with Crippen molar-refractivity contribution in [3.05, 3.63) is 95.1 Å². The molecule has 5 heteroatoms. The standard InChI is InChI=1S/C27H28N2O2S/c1-18-5-15-23(16-6-18)29-24(30)17-32-26(29)20-9-13-22(14-10-20)28-25(31)19-7-11-21(12-8-19)27(2,3)4/h5-16,26H,17H2,1-4H3,(H,28,31)/t26-/m0/s1. The maximum atomic E-state index is 12.7. The molecule has 4 nitrogen and oxygen atoms in total. The highest BCUT2D eigenvalue weighted by Gasteiger charge is 2.33. The number of anilines is 2. The fraction of sp³-hybridized carbons (Fsp3) is 0.259. The van der Waals surface area contributed by atoms with Crippen LogP contribution in [0, 0.1) is 6.92 Å². The molecule has 2 amide bonds. The van der Waals surface area contributed by atoms with Gasteiger partial charge in [0.25, 0.3) is 5.91 Å². The van der Waals surface area contributed by atoms with Gasteiger partial charge in [0.05, 0.1) is 5.75 Å². The van der Waals surface area contributed by atoms with Crippen molar-refractivity contribution in [2.45, 2.75) is 38.5 Å². The number of rotatable bonds is 4. The molecular weight excluding hydrogens is 416 g/mol. The zero-order chi connectivity index (χ0) is 22.9. The molecule has 0 spiro atoms. The monoisotopic (exact) mass is 444 g/mol. The molecule has 3 aromatic carbocycles. The fourth-order valence-electron chi connectivity index (χ4n) is 3.71. The predicted molar refractivity (Wildman–Crippen MR) is 133 cm³/mol. The molecule has 4 rings (SSSR count). The summed E-state index contributed by atoms with van der Waals surface area (Å²) in [6, 6.07) is 23.5. The van der Waals surface area contributed by atoms with Crippen molar-refractivity contribution in [2.24, 2.45) is 0 Å². The van der Waals surface area contributed by atoms with E-state index in [2.05, 4.69) is 26.1 Å². The lowest BCUT2D eigenvalue weighted by molar-refractivity contribution is -0.115. The maximum Gasteiger partial charge on any atom is 0.255 e. The number of hydrogen-bond acceptors (Lipinski definition) is 3. The average molecular weight is 445 g/mol. The second-order valence-electron chi connectivity index (χ2n) is 9.17. The Morgan fingerprint density at radius 3 is 2.16 bits per heavy atom. The Bertz CT molecular complexity index is 1110. The van der Waals surface area contributed by atoms with Crippen molar-refractivity contribution < 1.29 is 9.59 Å². The van der Waals surface area contributed by atoms with Crippen LogP contribution in [0.3, 0.4) is 0 Å². The van der Waals surface area contributed by atoms with Crippen LogP contribution < -0.4 is 10.2 Å². The van der Waals surface area contributed by atoms with Gasteiger partial charge >= 0.3 is 0 Å². The van der Waals surface area contributed by atoms with Gasteiger partial charge in [-0.1, -0.05) is 62.7 Å². The summed E-state index contributed by atoms with van der Waals surface area (Å²) < 4.78 is 0. The molecule has 1 aliphatic rings. The zero-order valence-electron chi connectivity index (χ0n) is 18.9. The van der Waals surface area contributed by atoms with Crippen LogP contribution in [-0.4, -0.2) is 17.6 Å². The summed E-state index contributed by atoms with van der Waals surface area (Å²) in [5.41, 5.74) is 5.72. The first-order valence-electron chi connectivity index (χ1n) is 10.7. The normalized spacial score (nSPS) is 16.3. The Hall–Kier alpha value is -3.05. The number of carbonyl (C=O) groups excluding carboxylic acids is 2. The minimum absolute atomic E-state index is 0.0525.